The fraction of sp³-hybridized carbons (Fsp3) is 0.143. The van der Waals surface area contributed by atoms with E-state index in [1.54, 1.807) is 24.3 Å². The number of hydrogen-bond acceptors (Lipinski definition) is 3. The van der Waals surface area contributed by atoms with Gasteiger partial charge in [-0.25, -0.2) is 8.42 Å². The zero-order chi connectivity index (χ0) is 14.8. The van der Waals surface area contributed by atoms with Crippen LogP contribution < -0.4 is 5.73 Å². The number of sulfone groups is 1. The molecule has 2 aromatic carbocycles. The van der Waals surface area contributed by atoms with Crippen molar-refractivity contribution < 1.29 is 8.42 Å². The highest BCUT2D eigenvalue weighted by Gasteiger charge is 2.22. The van der Waals surface area contributed by atoms with Crippen LogP contribution in [-0.4, -0.2) is 8.42 Å². The van der Waals surface area contributed by atoms with Gasteiger partial charge in [0.1, 0.15) is 4.90 Å². The highest BCUT2D eigenvalue weighted by molar-refractivity contribution is 7.90. The molecule has 0 bridgehead atoms. The van der Waals surface area contributed by atoms with Crippen molar-refractivity contribution in [3.05, 3.63) is 63.6 Å². The fourth-order valence-electron chi connectivity index (χ4n) is 1.95. The van der Waals surface area contributed by atoms with E-state index < -0.39 is 9.84 Å². The quantitative estimate of drug-likeness (QED) is 0.934. The van der Waals surface area contributed by atoms with Gasteiger partial charge in [0.05, 0.1) is 15.8 Å². The molecule has 2 N–H and O–H groups in total. The summed E-state index contributed by atoms with van der Waals surface area (Å²) < 4.78 is 25.0. The lowest BCUT2D eigenvalue weighted by Gasteiger charge is -2.11. The second-order valence-corrected chi connectivity index (χ2v) is 7.02. The van der Waals surface area contributed by atoms with E-state index in [2.05, 4.69) is 0 Å². The Hall–Kier alpha value is -1.07. The number of halogens is 2. The Kier molecular flexibility index (Phi) is 4.70. The maximum Gasteiger partial charge on any atom is 0.185 e. The van der Waals surface area contributed by atoms with Crippen molar-refractivity contribution in [2.75, 3.05) is 0 Å². The molecule has 6 heteroatoms. The molecule has 2 rings (SSSR count). The molecule has 0 heterocycles. The van der Waals surface area contributed by atoms with Gasteiger partial charge in [-0.15, -0.1) is 0 Å². The van der Waals surface area contributed by atoms with Gasteiger partial charge in [-0.2, -0.15) is 0 Å². The van der Waals surface area contributed by atoms with Gasteiger partial charge in [0.2, 0.25) is 0 Å². The number of hydrogen-bond donors (Lipinski definition) is 1. The summed E-state index contributed by atoms with van der Waals surface area (Å²) in [5, 5.41) is 0.255. The maximum atomic E-state index is 12.5. The van der Waals surface area contributed by atoms with Crippen molar-refractivity contribution >= 4 is 33.0 Å². The van der Waals surface area contributed by atoms with Crippen LogP contribution in [0.3, 0.4) is 0 Å². The lowest BCUT2D eigenvalue weighted by atomic mass is 10.1. The molecule has 2 aromatic rings. The molecule has 0 atom stereocenters. The molecule has 0 aliphatic heterocycles. The Balaban J connectivity index is 2.47. The van der Waals surface area contributed by atoms with Crippen LogP contribution in [-0.2, 0) is 22.1 Å². The van der Waals surface area contributed by atoms with Crippen LogP contribution in [0.4, 0.5) is 0 Å². The highest BCUT2D eigenvalue weighted by atomic mass is 35.5. The molecule has 0 radical (unpaired) electrons. The van der Waals surface area contributed by atoms with Crippen LogP contribution >= 0.6 is 23.2 Å². The molecule has 0 fully saturated rings. The van der Waals surface area contributed by atoms with Crippen LogP contribution in [0.25, 0.3) is 0 Å². The van der Waals surface area contributed by atoms with Crippen molar-refractivity contribution in [3.8, 4) is 0 Å². The monoisotopic (exact) mass is 329 g/mol. The maximum absolute atomic E-state index is 12.5. The SMILES string of the molecule is NCc1ccccc1CS(=O)(=O)c1c(Cl)cccc1Cl. The average Bonchev–Trinajstić information content (AvgIpc) is 2.38. The van der Waals surface area contributed by atoms with E-state index in [1.807, 2.05) is 6.07 Å². The van der Waals surface area contributed by atoms with Crippen LogP contribution in [0.15, 0.2) is 47.4 Å². The molecule has 20 heavy (non-hydrogen) atoms. The lowest BCUT2D eigenvalue weighted by Crippen LogP contribution is -2.10. The molecular weight excluding hydrogens is 317 g/mol. The van der Waals surface area contributed by atoms with E-state index in [4.69, 9.17) is 28.9 Å². The van der Waals surface area contributed by atoms with Gasteiger partial charge in [-0.05, 0) is 23.3 Å². The third-order valence-corrected chi connectivity index (χ3v) is 5.52. The minimum absolute atomic E-state index is 0.0323. The van der Waals surface area contributed by atoms with E-state index in [-0.39, 0.29) is 27.2 Å². The summed E-state index contributed by atoms with van der Waals surface area (Å²) in [4.78, 5) is -0.0323. The summed E-state index contributed by atoms with van der Waals surface area (Å²) in [5.74, 6) is -0.177. The minimum atomic E-state index is -3.63. The van der Waals surface area contributed by atoms with Gasteiger partial charge in [-0.1, -0.05) is 53.5 Å². The zero-order valence-corrected chi connectivity index (χ0v) is 12.8. The Labute approximate surface area is 128 Å². The van der Waals surface area contributed by atoms with E-state index in [0.717, 1.165) is 5.56 Å². The van der Waals surface area contributed by atoms with E-state index in [1.165, 1.54) is 12.1 Å². The molecule has 0 aromatic heterocycles. The van der Waals surface area contributed by atoms with Crippen LogP contribution in [0.5, 0.6) is 0 Å². The van der Waals surface area contributed by atoms with Crippen molar-refractivity contribution in [3.63, 3.8) is 0 Å². The summed E-state index contributed by atoms with van der Waals surface area (Å²) in [5.41, 5.74) is 7.07. The normalized spacial score (nSPS) is 11.6. The molecular formula is C14H13Cl2NO2S. The molecule has 106 valence electrons. The fourth-order valence-corrected chi connectivity index (χ4v) is 4.62. The van der Waals surface area contributed by atoms with Crippen molar-refractivity contribution in [2.45, 2.75) is 17.2 Å². The molecule has 0 saturated heterocycles. The number of nitrogens with two attached hydrogens (primary N) is 1. The second-order valence-electron chi connectivity index (χ2n) is 4.28. The Morgan fingerprint density at radius 2 is 1.45 bits per heavy atom. The first kappa shape index (κ1) is 15.3. The molecule has 0 aliphatic carbocycles. The van der Waals surface area contributed by atoms with Crippen LogP contribution in [0, 0.1) is 0 Å². The van der Waals surface area contributed by atoms with Crippen molar-refractivity contribution in [1.82, 2.24) is 0 Å². The summed E-state index contributed by atoms with van der Waals surface area (Å²) in [6.45, 7) is 0.280. The smallest absolute Gasteiger partial charge is 0.185 e. The summed E-state index contributed by atoms with van der Waals surface area (Å²) >= 11 is 11.9. The lowest BCUT2D eigenvalue weighted by molar-refractivity contribution is 0.595. The Morgan fingerprint density at radius 3 is 2.00 bits per heavy atom. The molecule has 0 spiro atoms. The Morgan fingerprint density at radius 1 is 0.900 bits per heavy atom. The van der Waals surface area contributed by atoms with Gasteiger partial charge in [0, 0.05) is 6.54 Å². The summed E-state index contributed by atoms with van der Waals surface area (Å²) in [6, 6.07) is 11.8. The van der Waals surface area contributed by atoms with Crippen molar-refractivity contribution in [2.24, 2.45) is 5.73 Å². The van der Waals surface area contributed by atoms with Crippen molar-refractivity contribution in [1.29, 1.82) is 0 Å². The van der Waals surface area contributed by atoms with Gasteiger partial charge in [0.25, 0.3) is 0 Å². The third-order valence-electron chi connectivity index (χ3n) is 2.91. The molecule has 0 unspecified atom stereocenters. The minimum Gasteiger partial charge on any atom is -0.326 e. The first-order chi connectivity index (χ1) is 9.45. The average molecular weight is 330 g/mol. The van der Waals surface area contributed by atoms with Gasteiger partial charge in [-0.3, -0.25) is 0 Å². The summed E-state index contributed by atoms with van der Waals surface area (Å²) in [6.07, 6.45) is 0. The van der Waals surface area contributed by atoms with Gasteiger partial charge >= 0.3 is 0 Å². The topological polar surface area (TPSA) is 60.2 Å². The van der Waals surface area contributed by atoms with Gasteiger partial charge < -0.3 is 5.73 Å². The molecule has 0 saturated carbocycles. The number of rotatable bonds is 4. The largest absolute Gasteiger partial charge is 0.326 e. The van der Waals surface area contributed by atoms with Gasteiger partial charge in [0.15, 0.2) is 9.84 Å². The third kappa shape index (κ3) is 3.15. The second kappa shape index (κ2) is 6.14. The predicted molar refractivity (Wildman–Crippen MR) is 81.7 cm³/mol. The van der Waals surface area contributed by atoms with Crippen LogP contribution in [0.2, 0.25) is 10.0 Å². The standard InChI is InChI=1S/C14H13Cl2NO2S/c15-12-6-3-7-13(16)14(12)20(18,19)9-11-5-2-1-4-10(11)8-17/h1-7H,8-9,17H2. The zero-order valence-electron chi connectivity index (χ0n) is 10.5. The highest BCUT2D eigenvalue weighted by Crippen LogP contribution is 2.31. The van der Waals surface area contributed by atoms with E-state index in [0.29, 0.717) is 5.56 Å². The van der Waals surface area contributed by atoms with E-state index >= 15 is 0 Å². The Bertz CT molecular complexity index is 709. The number of benzene rings is 2. The molecule has 0 aliphatic rings. The van der Waals surface area contributed by atoms with Crippen LogP contribution in [0.1, 0.15) is 11.1 Å². The molecule has 0 amide bonds. The first-order valence-corrected chi connectivity index (χ1v) is 8.30. The van der Waals surface area contributed by atoms with E-state index in [9.17, 15) is 8.42 Å². The summed E-state index contributed by atoms with van der Waals surface area (Å²) in [7, 11) is -3.63. The predicted octanol–water partition coefficient (Wildman–Crippen LogP) is 3.43. The molecule has 3 nitrogen and oxygen atoms in total. The first-order valence-electron chi connectivity index (χ1n) is 5.89.